The van der Waals surface area contributed by atoms with Gasteiger partial charge < -0.3 is 38.2 Å². The topological polar surface area (TPSA) is 130 Å². The van der Waals surface area contributed by atoms with Crippen molar-refractivity contribution in [1.82, 2.24) is 9.80 Å². The molecule has 2 saturated heterocycles. The average Bonchev–Trinajstić information content (AvgIpc) is 3.20. The number of alkyl halides is 6. The number of carbonyl (C=O) groups excluding carboxylic acids is 4. The molecule has 0 radical (unpaired) electrons. The first-order valence-corrected chi connectivity index (χ1v) is 20.4. The van der Waals surface area contributed by atoms with Crippen molar-refractivity contribution in [2.75, 3.05) is 47.9 Å². The standard InChI is InChI=1S/C44H58F6N2O10/c1-24-22-42(6,57-10)37(62-41-36(33(51(7)8)21-26(3)59-41)61-40(56)30-13-17-32(18-14-30)44(48,49)50)27(4)34(53)28(5)38(54)58-20-19-52(9)23-25(2)35(24)60-39(55)29-11-15-31(16-12-29)43(45,46)47/h11-18,24-28,33,35-37,41H,19-23H2,1-10H3/t24-,25-,26-,27+,28-,33+,35+,36-,37-,41+,42-/m1/s1. The van der Waals surface area contributed by atoms with Crippen LogP contribution in [0.3, 0.4) is 0 Å². The van der Waals surface area contributed by atoms with Crippen LogP contribution in [-0.4, -0.2) is 124 Å². The summed E-state index contributed by atoms with van der Waals surface area (Å²) in [6, 6.07) is 6.65. The van der Waals surface area contributed by atoms with Crippen LogP contribution in [0.5, 0.6) is 0 Å². The third kappa shape index (κ3) is 12.5. The van der Waals surface area contributed by atoms with Gasteiger partial charge in [0, 0.05) is 32.0 Å². The molecule has 0 spiro atoms. The van der Waals surface area contributed by atoms with Gasteiger partial charge in [0.05, 0.1) is 46.1 Å². The number of hydrogen-bond donors (Lipinski definition) is 0. The molecule has 2 heterocycles. The fraction of sp³-hybridized carbons (Fsp3) is 0.636. The molecule has 2 aromatic carbocycles. The summed E-state index contributed by atoms with van der Waals surface area (Å²) in [6.07, 6.45) is -14.1. The molecule has 0 saturated carbocycles. The Bertz CT molecular complexity index is 1840. The quantitative estimate of drug-likeness (QED) is 0.114. The SMILES string of the molecule is CO[C@]1(C)C[C@@H](C)[C@H](OC(=O)c2ccc(C(F)(F)F)cc2)[C@H](C)CN(C)CCOC(=O)[C@H](C)C(=O)[C@H](C)[C@H]1O[C@@H]1O[C@H](C)C[C@H](N(C)C)[C@H]1OC(=O)c1ccc(C(F)(F)F)cc1. The molecular weight excluding hydrogens is 830 g/mol. The molecule has 2 aliphatic rings. The monoisotopic (exact) mass is 888 g/mol. The molecule has 2 fully saturated rings. The summed E-state index contributed by atoms with van der Waals surface area (Å²) in [5.41, 5.74) is -3.61. The number of ether oxygens (including phenoxy) is 6. The van der Waals surface area contributed by atoms with Gasteiger partial charge in [0.25, 0.3) is 0 Å². The van der Waals surface area contributed by atoms with Gasteiger partial charge in [-0.25, -0.2) is 9.59 Å². The van der Waals surface area contributed by atoms with Gasteiger partial charge in [-0.1, -0.05) is 20.8 Å². The number of cyclic esters (lactones) is 1. The lowest BCUT2D eigenvalue weighted by Gasteiger charge is -2.48. The Hall–Kier alpha value is -4.10. The van der Waals surface area contributed by atoms with E-state index in [0.29, 0.717) is 13.0 Å². The molecule has 4 rings (SSSR count). The zero-order chi connectivity index (χ0) is 46.5. The minimum atomic E-state index is -4.63. The number of esters is 3. The zero-order valence-corrected chi connectivity index (χ0v) is 36.7. The fourth-order valence-corrected chi connectivity index (χ4v) is 8.31. The van der Waals surface area contributed by atoms with Crippen molar-refractivity contribution in [3.05, 3.63) is 70.8 Å². The maximum atomic E-state index is 14.3. The minimum Gasteiger partial charge on any atom is -0.464 e. The Morgan fingerprint density at radius 1 is 0.806 bits per heavy atom. The number of methoxy groups -OCH3 is 1. The van der Waals surface area contributed by atoms with Gasteiger partial charge >= 0.3 is 30.3 Å². The van der Waals surface area contributed by atoms with Crippen molar-refractivity contribution in [1.29, 1.82) is 0 Å². The minimum absolute atomic E-state index is 0.0407. The van der Waals surface area contributed by atoms with E-state index >= 15 is 0 Å². The second-order valence-electron chi connectivity index (χ2n) is 17.0. The lowest BCUT2D eigenvalue weighted by Crippen LogP contribution is -2.60. The number of hydrogen-bond acceptors (Lipinski definition) is 12. The highest BCUT2D eigenvalue weighted by molar-refractivity contribution is 6.00. The Balaban J connectivity index is 1.77. The predicted molar refractivity (Wildman–Crippen MR) is 213 cm³/mol. The lowest BCUT2D eigenvalue weighted by atomic mass is 9.76. The molecule has 12 nitrogen and oxygen atoms in total. The van der Waals surface area contributed by atoms with E-state index in [9.17, 15) is 45.5 Å². The van der Waals surface area contributed by atoms with E-state index in [1.807, 2.05) is 11.8 Å². The van der Waals surface area contributed by atoms with E-state index < -0.39 is 113 Å². The van der Waals surface area contributed by atoms with Crippen LogP contribution in [0.4, 0.5) is 26.3 Å². The molecule has 0 aromatic heterocycles. The molecule has 0 aliphatic carbocycles. The molecule has 2 aromatic rings. The number of Topliss-reactive ketones (excluding diaryl/α,β-unsaturated/α-hetero) is 1. The highest BCUT2D eigenvalue weighted by Gasteiger charge is 2.51. The van der Waals surface area contributed by atoms with E-state index in [1.165, 1.54) is 14.0 Å². The van der Waals surface area contributed by atoms with Crippen LogP contribution in [0.15, 0.2) is 48.5 Å². The summed E-state index contributed by atoms with van der Waals surface area (Å²) in [4.78, 5) is 58.4. The molecule has 18 heteroatoms. The van der Waals surface area contributed by atoms with E-state index in [4.69, 9.17) is 28.4 Å². The number of benzene rings is 2. The average molecular weight is 889 g/mol. The van der Waals surface area contributed by atoms with Gasteiger partial charge in [0.2, 0.25) is 0 Å². The smallest absolute Gasteiger partial charge is 0.416 e. The first-order chi connectivity index (χ1) is 28.8. The van der Waals surface area contributed by atoms with E-state index in [-0.39, 0.29) is 30.7 Å². The molecule has 62 heavy (non-hydrogen) atoms. The maximum Gasteiger partial charge on any atom is 0.416 e. The number of halogens is 6. The summed E-state index contributed by atoms with van der Waals surface area (Å²) in [5, 5.41) is 0. The van der Waals surface area contributed by atoms with Crippen molar-refractivity contribution in [2.45, 2.75) is 109 Å². The summed E-state index contributed by atoms with van der Waals surface area (Å²) >= 11 is 0. The van der Waals surface area contributed by atoms with Crippen LogP contribution in [-0.2, 0) is 50.4 Å². The number of likely N-dealkylation sites (N-methyl/N-ethyl adjacent to an activating group) is 2. The molecule has 346 valence electrons. The van der Waals surface area contributed by atoms with E-state index in [2.05, 4.69) is 0 Å². The van der Waals surface area contributed by atoms with Crippen molar-refractivity contribution >= 4 is 23.7 Å². The number of ketones is 1. The van der Waals surface area contributed by atoms with Crippen molar-refractivity contribution in [3.8, 4) is 0 Å². The van der Waals surface area contributed by atoms with Crippen molar-refractivity contribution in [2.24, 2.45) is 23.7 Å². The van der Waals surface area contributed by atoms with Gasteiger partial charge in [-0.05, 0) is 109 Å². The normalized spacial score (nSPS) is 31.4. The van der Waals surface area contributed by atoms with Crippen molar-refractivity contribution in [3.63, 3.8) is 0 Å². The van der Waals surface area contributed by atoms with Gasteiger partial charge in [0.15, 0.2) is 18.2 Å². The summed E-state index contributed by atoms with van der Waals surface area (Å²) in [5.74, 6) is -6.53. The Kier molecular flexibility index (Phi) is 16.8. The van der Waals surface area contributed by atoms with Gasteiger partial charge in [-0.3, -0.25) is 9.59 Å². The third-order valence-corrected chi connectivity index (χ3v) is 11.8. The van der Waals surface area contributed by atoms with Crippen molar-refractivity contribution < 1.29 is 73.9 Å². The van der Waals surface area contributed by atoms with Crippen LogP contribution < -0.4 is 0 Å². The molecular formula is C44H58F6N2O10. The molecule has 0 amide bonds. The molecule has 0 N–H and O–H groups in total. The second-order valence-corrected chi connectivity index (χ2v) is 17.0. The molecule has 0 unspecified atom stereocenters. The second kappa shape index (κ2) is 20.6. The molecule has 0 bridgehead atoms. The largest absolute Gasteiger partial charge is 0.464 e. The molecule has 2 aliphatic heterocycles. The van der Waals surface area contributed by atoms with E-state index in [1.54, 1.807) is 53.7 Å². The predicted octanol–water partition coefficient (Wildman–Crippen LogP) is 7.32. The van der Waals surface area contributed by atoms with E-state index in [0.717, 1.165) is 48.5 Å². The summed E-state index contributed by atoms with van der Waals surface area (Å²) < 4.78 is 117. The zero-order valence-electron chi connectivity index (χ0n) is 36.7. The first kappa shape index (κ1) is 50.5. The fourth-order valence-electron chi connectivity index (χ4n) is 8.31. The maximum absolute atomic E-state index is 14.3. The van der Waals surface area contributed by atoms with Gasteiger partial charge in [0.1, 0.15) is 18.6 Å². The Morgan fingerprint density at radius 2 is 1.31 bits per heavy atom. The van der Waals surface area contributed by atoms with Crippen LogP contribution >= 0.6 is 0 Å². The highest BCUT2D eigenvalue weighted by Crippen LogP contribution is 2.39. The van der Waals surface area contributed by atoms with Crippen LogP contribution in [0.2, 0.25) is 0 Å². The Morgan fingerprint density at radius 3 is 1.77 bits per heavy atom. The first-order valence-electron chi connectivity index (χ1n) is 20.4. The Labute approximate surface area is 358 Å². The third-order valence-electron chi connectivity index (χ3n) is 11.8. The lowest BCUT2D eigenvalue weighted by molar-refractivity contribution is -0.295. The number of nitrogens with zero attached hydrogens (tertiary/aromatic N) is 2. The van der Waals surface area contributed by atoms with Crippen LogP contribution in [0, 0.1) is 23.7 Å². The van der Waals surface area contributed by atoms with Gasteiger partial charge in [-0.2, -0.15) is 26.3 Å². The summed E-state index contributed by atoms with van der Waals surface area (Å²) in [7, 11) is 6.65. The van der Waals surface area contributed by atoms with Crippen LogP contribution in [0.25, 0.3) is 0 Å². The van der Waals surface area contributed by atoms with Crippen LogP contribution in [0.1, 0.15) is 86.2 Å². The number of carbonyl (C=O) groups is 4. The van der Waals surface area contributed by atoms with Gasteiger partial charge in [-0.15, -0.1) is 0 Å². The highest BCUT2D eigenvalue weighted by atomic mass is 19.4. The molecule has 11 atom stereocenters. The summed E-state index contributed by atoms with van der Waals surface area (Å²) in [6.45, 7) is 10.6. The number of rotatable bonds is 8.